The molecule has 0 fully saturated rings. The van der Waals surface area contributed by atoms with Crippen molar-refractivity contribution in [1.82, 2.24) is 0 Å². The van der Waals surface area contributed by atoms with Crippen LogP contribution in [0.4, 0.5) is 0 Å². The predicted molar refractivity (Wildman–Crippen MR) is 43.2 cm³/mol. The van der Waals surface area contributed by atoms with E-state index in [2.05, 4.69) is 0 Å². The summed E-state index contributed by atoms with van der Waals surface area (Å²) >= 11 is 5.78. The van der Waals surface area contributed by atoms with Crippen molar-refractivity contribution in [2.45, 2.75) is 13.8 Å². The highest BCUT2D eigenvalue weighted by Gasteiger charge is 1.93. The van der Waals surface area contributed by atoms with Crippen molar-refractivity contribution in [1.29, 1.82) is 0 Å². The number of hydrogen-bond donors (Lipinski definition) is 0. The van der Waals surface area contributed by atoms with Crippen LogP contribution in [-0.2, 0) is 0 Å². The van der Waals surface area contributed by atoms with Gasteiger partial charge in [-0.25, -0.2) is 0 Å². The Labute approximate surface area is 64.6 Å². The van der Waals surface area contributed by atoms with Gasteiger partial charge in [-0.15, -0.1) is 0 Å². The predicted octanol–water partition coefficient (Wildman–Crippen LogP) is 1.53. The maximum Gasteiger partial charge on any atom is 0.130 e. The smallest absolute Gasteiger partial charge is 0.130 e. The van der Waals surface area contributed by atoms with Gasteiger partial charge < -0.3 is 4.42 Å². The lowest BCUT2D eigenvalue weighted by Gasteiger charge is -1.74. The summed E-state index contributed by atoms with van der Waals surface area (Å²) in [7, 11) is 0. The molecule has 0 unspecified atom stereocenters. The zero-order valence-corrected chi connectivity index (χ0v) is 6.77. The molecule has 0 aromatic carbocycles. The zero-order chi connectivity index (χ0) is 7.56. The average Bonchev–Trinajstić information content (AvgIpc) is 2.30. The van der Waals surface area contributed by atoms with Gasteiger partial charge in [-0.05, 0) is 19.9 Å². The van der Waals surface area contributed by atoms with E-state index < -0.39 is 0 Å². The molecule has 10 heavy (non-hydrogen) atoms. The van der Waals surface area contributed by atoms with Crippen molar-refractivity contribution in [3.05, 3.63) is 21.9 Å². The molecular formula is C8H9ClO. The SMILES string of the molecule is CC=c1occ(Cl)c1=CC. The molecule has 1 heterocycles. The molecule has 1 aromatic heterocycles. The van der Waals surface area contributed by atoms with Crippen LogP contribution in [0.15, 0.2) is 10.7 Å². The van der Waals surface area contributed by atoms with Gasteiger partial charge in [0.2, 0.25) is 0 Å². The molecule has 0 atom stereocenters. The molecule has 0 aliphatic rings. The van der Waals surface area contributed by atoms with Crippen LogP contribution in [0.3, 0.4) is 0 Å². The third-order valence-electron chi connectivity index (χ3n) is 1.36. The molecule has 0 saturated heterocycles. The van der Waals surface area contributed by atoms with Crippen molar-refractivity contribution in [3.8, 4) is 0 Å². The summed E-state index contributed by atoms with van der Waals surface area (Å²) in [5.41, 5.74) is 0.840. The van der Waals surface area contributed by atoms with E-state index in [1.54, 1.807) is 6.26 Å². The Morgan fingerprint density at radius 2 is 2.10 bits per heavy atom. The van der Waals surface area contributed by atoms with Crippen LogP contribution >= 0.6 is 11.6 Å². The molecule has 0 amide bonds. The Kier molecular flexibility index (Phi) is 2.17. The molecule has 0 aliphatic carbocycles. The first kappa shape index (κ1) is 7.42. The molecule has 0 aliphatic heterocycles. The van der Waals surface area contributed by atoms with Crippen molar-refractivity contribution in [2.75, 3.05) is 0 Å². The Balaban J connectivity index is 3.59. The fourth-order valence-corrected chi connectivity index (χ4v) is 1.11. The highest BCUT2D eigenvalue weighted by atomic mass is 35.5. The molecule has 54 valence electrons. The average molecular weight is 157 g/mol. The topological polar surface area (TPSA) is 13.1 Å². The second-order valence-electron chi connectivity index (χ2n) is 1.94. The highest BCUT2D eigenvalue weighted by Crippen LogP contribution is 1.96. The van der Waals surface area contributed by atoms with Gasteiger partial charge in [0, 0.05) is 5.22 Å². The van der Waals surface area contributed by atoms with Crippen LogP contribution in [0.5, 0.6) is 0 Å². The molecule has 0 spiro atoms. The van der Waals surface area contributed by atoms with Crippen LogP contribution in [0.1, 0.15) is 13.8 Å². The van der Waals surface area contributed by atoms with E-state index in [1.165, 1.54) is 0 Å². The van der Waals surface area contributed by atoms with Gasteiger partial charge in [0.15, 0.2) is 0 Å². The number of furan rings is 1. The summed E-state index contributed by atoms with van der Waals surface area (Å²) in [6.07, 6.45) is 5.37. The van der Waals surface area contributed by atoms with Crippen LogP contribution in [-0.4, -0.2) is 0 Å². The minimum atomic E-state index is 0.676. The fourth-order valence-electron chi connectivity index (χ4n) is 0.864. The zero-order valence-electron chi connectivity index (χ0n) is 6.02. The third kappa shape index (κ3) is 1.09. The normalized spacial score (nSPS) is 14.7. The molecular weight excluding hydrogens is 148 g/mol. The highest BCUT2D eigenvalue weighted by molar-refractivity contribution is 6.30. The quantitative estimate of drug-likeness (QED) is 0.556. The number of rotatable bonds is 0. The molecule has 1 aromatic rings. The number of halogens is 1. The van der Waals surface area contributed by atoms with Crippen LogP contribution in [0.25, 0.3) is 12.2 Å². The lowest BCUT2D eigenvalue weighted by molar-refractivity contribution is 0.530. The van der Waals surface area contributed by atoms with Gasteiger partial charge in [0.25, 0.3) is 0 Å². The molecule has 0 bridgehead atoms. The maximum absolute atomic E-state index is 5.78. The number of hydrogen-bond acceptors (Lipinski definition) is 1. The first-order valence-electron chi connectivity index (χ1n) is 3.15. The maximum atomic E-state index is 5.78. The van der Waals surface area contributed by atoms with Crippen molar-refractivity contribution >= 4 is 23.8 Å². The van der Waals surface area contributed by atoms with Crippen molar-refractivity contribution in [3.63, 3.8) is 0 Å². The second-order valence-corrected chi connectivity index (χ2v) is 2.35. The van der Waals surface area contributed by atoms with Crippen LogP contribution in [0, 0.1) is 0 Å². The molecule has 1 rings (SSSR count). The molecule has 2 heteroatoms. The standard InChI is InChI=1S/C8H9ClO/c1-3-6-7(9)5-10-8(6)4-2/h3-5H,1-2H3. The minimum Gasteiger partial charge on any atom is -0.463 e. The van der Waals surface area contributed by atoms with Gasteiger partial charge in [-0.1, -0.05) is 17.7 Å². The van der Waals surface area contributed by atoms with E-state index in [0.717, 1.165) is 10.6 Å². The lowest BCUT2D eigenvalue weighted by Crippen LogP contribution is -2.18. The molecule has 0 radical (unpaired) electrons. The van der Waals surface area contributed by atoms with E-state index in [4.69, 9.17) is 16.0 Å². The summed E-state index contributed by atoms with van der Waals surface area (Å²) < 4.78 is 5.12. The summed E-state index contributed by atoms with van der Waals surface area (Å²) in [5, 5.41) is 1.65. The largest absolute Gasteiger partial charge is 0.463 e. The second kappa shape index (κ2) is 2.93. The van der Waals surface area contributed by atoms with Gasteiger partial charge in [-0.2, -0.15) is 0 Å². The fraction of sp³-hybridized carbons (Fsp3) is 0.250. The van der Waals surface area contributed by atoms with Gasteiger partial charge >= 0.3 is 0 Å². The van der Waals surface area contributed by atoms with Crippen LogP contribution in [0.2, 0.25) is 5.02 Å². The van der Waals surface area contributed by atoms with Crippen LogP contribution < -0.4 is 10.6 Å². The van der Waals surface area contributed by atoms with E-state index in [1.807, 2.05) is 26.0 Å². The van der Waals surface area contributed by atoms with E-state index in [9.17, 15) is 0 Å². The van der Waals surface area contributed by atoms with Crippen molar-refractivity contribution < 1.29 is 4.42 Å². The van der Waals surface area contributed by atoms with Gasteiger partial charge in [-0.3, -0.25) is 0 Å². The molecule has 1 nitrogen and oxygen atoms in total. The Bertz CT molecular complexity index is 322. The van der Waals surface area contributed by atoms with Crippen molar-refractivity contribution in [2.24, 2.45) is 0 Å². The van der Waals surface area contributed by atoms with Gasteiger partial charge in [0.05, 0.1) is 5.02 Å². The first-order valence-corrected chi connectivity index (χ1v) is 3.53. The van der Waals surface area contributed by atoms with E-state index in [0.29, 0.717) is 5.02 Å². The summed E-state index contributed by atoms with van der Waals surface area (Å²) in [6, 6.07) is 0. The van der Waals surface area contributed by atoms with E-state index in [-0.39, 0.29) is 0 Å². The van der Waals surface area contributed by atoms with E-state index >= 15 is 0 Å². The monoisotopic (exact) mass is 156 g/mol. The summed E-state index contributed by atoms with van der Waals surface area (Å²) in [6.45, 7) is 3.85. The minimum absolute atomic E-state index is 0.676. The lowest BCUT2D eigenvalue weighted by atomic mass is 10.4. The molecule has 0 N–H and O–H groups in total. The Hall–Kier alpha value is -0.690. The van der Waals surface area contributed by atoms with Gasteiger partial charge in [0.1, 0.15) is 11.7 Å². The summed E-state index contributed by atoms with van der Waals surface area (Å²) in [4.78, 5) is 0. The summed E-state index contributed by atoms with van der Waals surface area (Å²) in [5.74, 6) is 0. The third-order valence-corrected chi connectivity index (χ3v) is 1.66. The Morgan fingerprint density at radius 3 is 2.50 bits per heavy atom. The Morgan fingerprint density at radius 1 is 1.40 bits per heavy atom. The molecule has 0 saturated carbocycles. The first-order chi connectivity index (χ1) is 4.79.